The predicted octanol–water partition coefficient (Wildman–Crippen LogP) is 1.36. The molecule has 0 aromatic heterocycles. The topological polar surface area (TPSA) is 69.6 Å². The van der Waals surface area contributed by atoms with Crippen LogP contribution in [0.5, 0.6) is 0 Å². The molecule has 0 aliphatic heterocycles. The lowest BCUT2D eigenvalue weighted by molar-refractivity contribution is 0.230. The molecule has 20 heavy (non-hydrogen) atoms. The largest absolute Gasteiger partial charge is 0.395 e. The van der Waals surface area contributed by atoms with Crippen LogP contribution in [0.1, 0.15) is 31.9 Å². The van der Waals surface area contributed by atoms with E-state index >= 15 is 0 Å². The van der Waals surface area contributed by atoms with E-state index in [1.165, 1.54) is 18.4 Å². The van der Waals surface area contributed by atoms with Crippen LogP contribution in [0.2, 0.25) is 0 Å². The van der Waals surface area contributed by atoms with E-state index in [1.54, 1.807) is 18.2 Å². The lowest BCUT2D eigenvalue weighted by atomic mass is 10.1. The van der Waals surface area contributed by atoms with Gasteiger partial charge >= 0.3 is 0 Å². The van der Waals surface area contributed by atoms with E-state index in [0.717, 1.165) is 12.0 Å². The highest BCUT2D eigenvalue weighted by Crippen LogP contribution is 2.20. The summed E-state index contributed by atoms with van der Waals surface area (Å²) in [6, 6.07) is 6.88. The molecule has 2 atom stereocenters. The molecule has 0 radical (unpaired) electrons. The van der Waals surface area contributed by atoms with E-state index in [0.29, 0.717) is 0 Å². The van der Waals surface area contributed by atoms with Crippen LogP contribution in [0.25, 0.3) is 0 Å². The standard InChI is InChI=1S/C14H24N2O3S/c1-5-13(10-17)15-11(2)12-7-6-8-14(9-12)20(18,19)16(3)4/h6-9,11,13,15,17H,5,10H2,1-4H3. The highest BCUT2D eigenvalue weighted by atomic mass is 32.2. The normalized spacial score (nSPS) is 15.3. The zero-order chi connectivity index (χ0) is 15.3. The van der Waals surface area contributed by atoms with Crippen molar-refractivity contribution in [3.63, 3.8) is 0 Å². The van der Waals surface area contributed by atoms with Crippen molar-refractivity contribution in [2.45, 2.75) is 37.2 Å². The first-order chi connectivity index (χ1) is 9.32. The summed E-state index contributed by atoms with van der Waals surface area (Å²) in [4.78, 5) is 0.283. The number of nitrogens with one attached hydrogen (secondary N) is 1. The van der Waals surface area contributed by atoms with E-state index in [9.17, 15) is 13.5 Å². The fourth-order valence-electron chi connectivity index (χ4n) is 1.90. The summed E-state index contributed by atoms with van der Waals surface area (Å²) in [5.74, 6) is 0. The molecule has 0 aliphatic rings. The Bertz CT molecular complexity index is 525. The maximum atomic E-state index is 12.1. The Balaban J connectivity index is 2.99. The van der Waals surface area contributed by atoms with Crippen LogP contribution in [-0.2, 0) is 10.0 Å². The van der Waals surface area contributed by atoms with Crippen molar-refractivity contribution in [2.24, 2.45) is 0 Å². The van der Waals surface area contributed by atoms with Crippen LogP contribution in [0.15, 0.2) is 29.2 Å². The van der Waals surface area contributed by atoms with Gasteiger partial charge in [0, 0.05) is 26.2 Å². The van der Waals surface area contributed by atoms with Gasteiger partial charge in [0.2, 0.25) is 10.0 Å². The van der Waals surface area contributed by atoms with E-state index in [1.807, 2.05) is 19.9 Å². The zero-order valence-electron chi connectivity index (χ0n) is 12.5. The van der Waals surface area contributed by atoms with Crippen molar-refractivity contribution in [2.75, 3.05) is 20.7 Å². The van der Waals surface area contributed by atoms with Crippen LogP contribution < -0.4 is 5.32 Å². The quantitative estimate of drug-likeness (QED) is 0.798. The molecule has 0 aliphatic carbocycles. The summed E-state index contributed by atoms with van der Waals surface area (Å²) in [5, 5.41) is 12.5. The number of hydrogen-bond donors (Lipinski definition) is 2. The first-order valence-corrected chi connectivity index (χ1v) is 8.16. The fraction of sp³-hybridized carbons (Fsp3) is 0.571. The molecule has 1 rings (SSSR count). The van der Waals surface area contributed by atoms with Crippen LogP contribution in [0.4, 0.5) is 0 Å². The predicted molar refractivity (Wildman–Crippen MR) is 80.0 cm³/mol. The molecule has 1 aromatic rings. The SMILES string of the molecule is CCC(CO)NC(C)c1cccc(S(=O)(=O)N(C)C)c1. The summed E-state index contributed by atoms with van der Waals surface area (Å²) in [6.45, 7) is 4.02. The number of aliphatic hydroxyl groups is 1. The maximum Gasteiger partial charge on any atom is 0.242 e. The van der Waals surface area contributed by atoms with Gasteiger partial charge in [0.25, 0.3) is 0 Å². The Labute approximate surface area is 121 Å². The number of hydrogen-bond acceptors (Lipinski definition) is 4. The summed E-state index contributed by atoms with van der Waals surface area (Å²) in [5.41, 5.74) is 0.889. The summed E-state index contributed by atoms with van der Waals surface area (Å²) in [7, 11) is -0.383. The van der Waals surface area contributed by atoms with E-state index < -0.39 is 10.0 Å². The number of sulfonamides is 1. The van der Waals surface area contributed by atoms with Gasteiger partial charge in [-0.3, -0.25) is 0 Å². The van der Waals surface area contributed by atoms with Crippen LogP contribution in [-0.4, -0.2) is 44.6 Å². The Hall–Kier alpha value is -0.950. The molecular weight excluding hydrogens is 276 g/mol. The highest BCUT2D eigenvalue weighted by Gasteiger charge is 2.19. The average molecular weight is 300 g/mol. The van der Waals surface area contributed by atoms with Gasteiger partial charge in [0.15, 0.2) is 0 Å². The highest BCUT2D eigenvalue weighted by molar-refractivity contribution is 7.89. The zero-order valence-corrected chi connectivity index (χ0v) is 13.3. The van der Waals surface area contributed by atoms with Gasteiger partial charge in [-0.25, -0.2) is 12.7 Å². The van der Waals surface area contributed by atoms with Crippen LogP contribution in [0, 0.1) is 0 Å². The summed E-state index contributed by atoms with van der Waals surface area (Å²) in [6.07, 6.45) is 0.816. The summed E-state index contributed by atoms with van der Waals surface area (Å²) < 4.78 is 25.4. The van der Waals surface area contributed by atoms with Gasteiger partial charge in [-0.1, -0.05) is 19.1 Å². The third-order valence-electron chi connectivity index (χ3n) is 3.34. The molecule has 2 N–H and O–H groups in total. The second-order valence-corrected chi connectivity index (χ2v) is 7.19. The molecule has 0 saturated carbocycles. The van der Waals surface area contributed by atoms with Crippen molar-refractivity contribution >= 4 is 10.0 Å². The van der Waals surface area contributed by atoms with Crippen molar-refractivity contribution in [1.82, 2.24) is 9.62 Å². The molecule has 1 aromatic carbocycles. The van der Waals surface area contributed by atoms with Crippen LogP contribution in [0.3, 0.4) is 0 Å². The van der Waals surface area contributed by atoms with Gasteiger partial charge in [-0.05, 0) is 31.0 Å². The minimum atomic E-state index is -3.42. The molecule has 2 unspecified atom stereocenters. The molecule has 6 heteroatoms. The minimum Gasteiger partial charge on any atom is -0.395 e. The van der Waals surface area contributed by atoms with Crippen molar-refractivity contribution in [1.29, 1.82) is 0 Å². The second-order valence-electron chi connectivity index (χ2n) is 5.04. The number of aliphatic hydroxyl groups excluding tert-OH is 1. The molecular formula is C14H24N2O3S. The van der Waals surface area contributed by atoms with E-state index in [-0.39, 0.29) is 23.6 Å². The molecule has 114 valence electrons. The number of nitrogens with zero attached hydrogens (tertiary/aromatic N) is 1. The van der Waals surface area contributed by atoms with Gasteiger partial charge in [0.05, 0.1) is 11.5 Å². The Kier molecular flexibility index (Phi) is 6.13. The third kappa shape index (κ3) is 4.02. The number of benzene rings is 1. The van der Waals surface area contributed by atoms with E-state index in [2.05, 4.69) is 5.32 Å². The Morgan fingerprint density at radius 2 is 2.00 bits per heavy atom. The smallest absolute Gasteiger partial charge is 0.242 e. The molecule has 0 amide bonds. The molecule has 5 nitrogen and oxygen atoms in total. The van der Waals surface area contributed by atoms with Gasteiger partial charge in [-0.2, -0.15) is 0 Å². The first-order valence-electron chi connectivity index (χ1n) is 6.72. The molecule has 0 spiro atoms. The molecule has 0 saturated heterocycles. The third-order valence-corrected chi connectivity index (χ3v) is 5.15. The Morgan fingerprint density at radius 1 is 1.35 bits per heavy atom. The monoisotopic (exact) mass is 300 g/mol. The lowest BCUT2D eigenvalue weighted by Crippen LogP contribution is -2.34. The van der Waals surface area contributed by atoms with Crippen molar-refractivity contribution in [3.8, 4) is 0 Å². The molecule has 0 fully saturated rings. The average Bonchev–Trinajstić information content (AvgIpc) is 2.44. The maximum absolute atomic E-state index is 12.1. The van der Waals surface area contributed by atoms with Gasteiger partial charge in [0.1, 0.15) is 0 Å². The van der Waals surface area contributed by atoms with Gasteiger partial charge < -0.3 is 10.4 Å². The van der Waals surface area contributed by atoms with Crippen LogP contribution >= 0.6 is 0 Å². The minimum absolute atomic E-state index is 0.0131. The van der Waals surface area contributed by atoms with Gasteiger partial charge in [-0.15, -0.1) is 0 Å². The first kappa shape index (κ1) is 17.1. The fourth-order valence-corrected chi connectivity index (χ4v) is 2.86. The Morgan fingerprint density at radius 3 is 2.50 bits per heavy atom. The van der Waals surface area contributed by atoms with Crippen molar-refractivity contribution < 1.29 is 13.5 Å². The lowest BCUT2D eigenvalue weighted by Gasteiger charge is -2.21. The number of rotatable bonds is 7. The van der Waals surface area contributed by atoms with E-state index in [4.69, 9.17) is 0 Å². The van der Waals surface area contributed by atoms with Crippen molar-refractivity contribution in [3.05, 3.63) is 29.8 Å². The molecule has 0 bridgehead atoms. The molecule has 0 heterocycles. The summed E-state index contributed by atoms with van der Waals surface area (Å²) >= 11 is 0. The second kappa shape index (κ2) is 7.17.